The van der Waals surface area contributed by atoms with Crippen molar-refractivity contribution in [3.8, 4) is 6.07 Å². The highest BCUT2D eigenvalue weighted by Crippen LogP contribution is 2.23. The minimum absolute atomic E-state index is 0.114. The van der Waals surface area contributed by atoms with Crippen LogP contribution in [0.2, 0.25) is 5.02 Å². The van der Waals surface area contributed by atoms with E-state index in [9.17, 15) is 4.79 Å². The zero-order valence-corrected chi connectivity index (χ0v) is 9.60. The maximum atomic E-state index is 11.7. The molecule has 0 aliphatic heterocycles. The van der Waals surface area contributed by atoms with Crippen molar-refractivity contribution in [1.29, 1.82) is 5.26 Å². The Morgan fingerprint density at radius 3 is 2.83 bits per heavy atom. The van der Waals surface area contributed by atoms with Gasteiger partial charge in [-0.25, -0.2) is 4.63 Å². The average Bonchev–Trinajstić information content (AvgIpc) is 2.78. The van der Waals surface area contributed by atoms with Crippen molar-refractivity contribution in [2.24, 2.45) is 0 Å². The lowest BCUT2D eigenvalue weighted by Gasteiger charge is -2.05. The minimum atomic E-state index is -0.597. The molecule has 1 heterocycles. The Bertz CT molecular complexity index is 646. The van der Waals surface area contributed by atoms with Crippen LogP contribution in [0.25, 0.3) is 0 Å². The second-order valence-electron chi connectivity index (χ2n) is 3.26. The fraction of sp³-hybridized carbons (Fsp3) is 0. The number of halogens is 1. The van der Waals surface area contributed by atoms with E-state index in [4.69, 9.17) is 22.6 Å². The van der Waals surface area contributed by atoms with Crippen molar-refractivity contribution in [3.05, 3.63) is 34.5 Å². The molecule has 0 aliphatic rings. The molecule has 2 rings (SSSR count). The summed E-state index contributed by atoms with van der Waals surface area (Å²) < 4.78 is 4.31. The Balaban J connectivity index is 2.23. The maximum absolute atomic E-state index is 11.7. The number of carbonyl (C=O) groups excluding carboxylic acids is 1. The van der Waals surface area contributed by atoms with Gasteiger partial charge in [0.05, 0.1) is 22.3 Å². The molecule has 1 aromatic carbocycles. The van der Waals surface area contributed by atoms with Crippen LogP contribution >= 0.6 is 11.6 Å². The zero-order valence-electron chi connectivity index (χ0n) is 8.85. The van der Waals surface area contributed by atoms with Gasteiger partial charge < -0.3 is 11.1 Å². The van der Waals surface area contributed by atoms with E-state index in [2.05, 4.69) is 20.3 Å². The highest BCUT2D eigenvalue weighted by molar-refractivity contribution is 6.34. The number of nitrogens with one attached hydrogen (secondary N) is 1. The highest BCUT2D eigenvalue weighted by Gasteiger charge is 2.17. The van der Waals surface area contributed by atoms with E-state index >= 15 is 0 Å². The summed E-state index contributed by atoms with van der Waals surface area (Å²) in [6.07, 6.45) is 0. The van der Waals surface area contributed by atoms with Crippen molar-refractivity contribution in [3.63, 3.8) is 0 Å². The maximum Gasteiger partial charge on any atom is 0.281 e. The fourth-order valence-electron chi connectivity index (χ4n) is 1.22. The number of nitrogens with zero attached hydrogens (tertiary/aromatic N) is 3. The molecular weight excluding hydrogens is 258 g/mol. The van der Waals surface area contributed by atoms with Crippen LogP contribution in [0.5, 0.6) is 0 Å². The molecular formula is C10H6ClN5O2. The first kappa shape index (κ1) is 11.9. The first-order chi connectivity index (χ1) is 8.61. The van der Waals surface area contributed by atoms with Crippen molar-refractivity contribution < 1.29 is 9.42 Å². The van der Waals surface area contributed by atoms with Gasteiger partial charge in [0.15, 0.2) is 0 Å². The van der Waals surface area contributed by atoms with Gasteiger partial charge in [0.25, 0.3) is 5.91 Å². The SMILES string of the molecule is N#Cc1ccc(NC(=O)c2nonc2N)c(Cl)c1. The van der Waals surface area contributed by atoms with Gasteiger partial charge in [0.1, 0.15) is 0 Å². The lowest BCUT2D eigenvalue weighted by atomic mass is 10.2. The van der Waals surface area contributed by atoms with Gasteiger partial charge in [-0.3, -0.25) is 4.79 Å². The quantitative estimate of drug-likeness (QED) is 0.846. The molecule has 0 saturated heterocycles. The number of nitrogens with two attached hydrogens (primary N) is 1. The van der Waals surface area contributed by atoms with E-state index in [0.29, 0.717) is 11.3 Å². The largest absolute Gasteiger partial charge is 0.379 e. The first-order valence-electron chi connectivity index (χ1n) is 4.71. The summed E-state index contributed by atoms with van der Waals surface area (Å²) in [5.41, 5.74) is 5.97. The smallest absolute Gasteiger partial charge is 0.281 e. The number of nitriles is 1. The summed E-state index contributed by atoms with van der Waals surface area (Å²) in [6, 6.07) is 6.38. The van der Waals surface area contributed by atoms with E-state index in [1.54, 1.807) is 0 Å². The molecule has 1 amide bonds. The van der Waals surface area contributed by atoms with Crippen molar-refractivity contribution in [2.45, 2.75) is 0 Å². The number of benzene rings is 1. The van der Waals surface area contributed by atoms with Crippen LogP contribution in [0, 0.1) is 11.3 Å². The van der Waals surface area contributed by atoms with Crippen molar-refractivity contribution in [1.82, 2.24) is 10.3 Å². The Morgan fingerprint density at radius 1 is 1.50 bits per heavy atom. The Morgan fingerprint density at radius 2 is 2.28 bits per heavy atom. The van der Waals surface area contributed by atoms with E-state index in [0.717, 1.165) is 0 Å². The molecule has 7 nitrogen and oxygen atoms in total. The van der Waals surface area contributed by atoms with Crippen LogP contribution in [0.4, 0.5) is 11.5 Å². The van der Waals surface area contributed by atoms with Crippen LogP contribution in [0.3, 0.4) is 0 Å². The zero-order chi connectivity index (χ0) is 13.1. The third kappa shape index (κ3) is 2.23. The number of amides is 1. The Hall–Kier alpha value is -2.59. The summed E-state index contributed by atoms with van der Waals surface area (Å²) in [6.45, 7) is 0. The fourth-order valence-corrected chi connectivity index (χ4v) is 1.45. The second-order valence-corrected chi connectivity index (χ2v) is 3.67. The van der Waals surface area contributed by atoms with Crippen molar-refractivity contribution in [2.75, 3.05) is 11.1 Å². The molecule has 90 valence electrons. The van der Waals surface area contributed by atoms with E-state index in [1.165, 1.54) is 18.2 Å². The standard InChI is InChI=1S/C10H6ClN5O2/c11-6-3-5(4-12)1-2-7(6)14-10(17)8-9(13)16-18-15-8/h1-3H,(H2,13,16)(H,14,17). The molecule has 18 heavy (non-hydrogen) atoms. The Labute approximate surface area is 106 Å². The van der Waals surface area contributed by atoms with Crippen LogP contribution < -0.4 is 11.1 Å². The molecule has 1 aromatic heterocycles. The summed E-state index contributed by atoms with van der Waals surface area (Å²) in [4.78, 5) is 11.7. The third-order valence-electron chi connectivity index (χ3n) is 2.08. The lowest BCUT2D eigenvalue weighted by molar-refractivity contribution is 0.101. The highest BCUT2D eigenvalue weighted by atomic mass is 35.5. The van der Waals surface area contributed by atoms with Gasteiger partial charge in [0.2, 0.25) is 11.5 Å². The lowest BCUT2D eigenvalue weighted by Crippen LogP contribution is -2.14. The predicted octanol–water partition coefficient (Wildman–Crippen LogP) is 1.43. The van der Waals surface area contributed by atoms with E-state index in [1.807, 2.05) is 6.07 Å². The number of carbonyl (C=O) groups is 1. The van der Waals surface area contributed by atoms with Crippen molar-refractivity contribution >= 4 is 29.0 Å². The van der Waals surface area contributed by atoms with Crippen LogP contribution in [-0.2, 0) is 0 Å². The minimum Gasteiger partial charge on any atom is -0.379 e. The molecule has 0 spiro atoms. The predicted molar refractivity (Wildman–Crippen MR) is 62.8 cm³/mol. The van der Waals surface area contributed by atoms with E-state index < -0.39 is 5.91 Å². The third-order valence-corrected chi connectivity index (χ3v) is 2.39. The monoisotopic (exact) mass is 263 g/mol. The number of hydrogen-bond acceptors (Lipinski definition) is 6. The van der Waals surface area contributed by atoms with Gasteiger partial charge in [0, 0.05) is 0 Å². The molecule has 0 unspecified atom stereocenters. The molecule has 3 N–H and O–H groups in total. The Kier molecular flexibility index (Phi) is 3.12. The molecule has 0 saturated carbocycles. The van der Waals surface area contributed by atoms with Crippen LogP contribution in [0.1, 0.15) is 16.1 Å². The van der Waals surface area contributed by atoms with Crippen LogP contribution in [-0.4, -0.2) is 16.2 Å². The molecule has 2 aromatic rings. The second kappa shape index (κ2) is 4.73. The van der Waals surface area contributed by atoms with Gasteiger partial charge in [-0.1, -0.05) is 11.6 Å². The van der Waals surface area contributed by atoms with Gasteiger partial charge in [-0.15, -0.1) is 0 Å². The topological polar surface area (TPSA) is 118 Å². The molecule has 0 fully saturated rings. The average molecular weight is 264 g/mol. The number of nitrogen functional groups attached to an aromatic ring is 1. The molecule has 8 heteroatoms. The molecule has 0 bridgehead atoms. The molecule has 0 aliphatic carbocycles. The normalized spacial score (nSPS) is 9.78. The molecule has 0 radical (unpaired) electrons. The molecule has 0 atom stereocenters. The summed E-state index contributed by atoms with van der Waals surface area (Å²) in [5, 5.41) is 18.0. The van der Waals surface area contributed by atoms with Gasteiger partial charge in [-0.05, 0) is 28.5 Å². The number of aromatic nitrogens is 2. The van der Waals surface area contributed by atoms with E-state index in [-0.39, 0.29) is 16.5 Å². The number of anilines is 2. The number of rotatable bonds is 2. The summed E-state index contributed by atoms with van der Waals surface area (Å²) >= 11 is 5.90. The summed E-state index contributed by atoms with van der Waals surface area (Å²) in [5.74, 6) is -0.711. The van der Waals surface area contributed by atoms with Gasteiger partial charge >= 0.3 is 0 Å². The summed E-state index contributed by atoms with van der Waals surface area (Å²) in [7, 11) is 0. The van der Waals surface area contributed by atoms with Crippen LogP contribution in [0.15, 0.2) is 22.8 Å². The first-order valence-corrected chi connectivity index (χ1v) is 5.08. The number of hydrogen-bond donors (Lipinski definition) is 2. The van der Waals surface area contributed by atoms with Gasteiger partial charge in [-0.2, -0.15) is 5.26 Å².